The summed E-state index contributed by atoms with van der Waals surface area (Å²) in [6.45, 7) is 7.37. The Morgan fingerprint density at radius 3 is 2.40 bits per heavy atom. The third kappa shape index (κ3) is 3.61. The molecule has 0 aliphatic rings. The first-order chi connectivity index (χ1) is 9.60. The Morgan fingerprint density at radius 1 is 1.05 bits per heavy atom. The maximum absolute atomic E-state index is 5.19. The molecule has 0 aromatic heterocycles. The fourth-order valence-electron chi connectivity index (χ4n) is 2.26. The third-order valence-electron chi connectivity index (χ3n) is 3.72. The molecule has 106 valence electrons. The van der Waals surface area contributed by atoms with Gasteiger partial charge in [-0.1, -0.05) is 35.9 Å². The third-order valence-corrected chi connectivity index (χ3v) is 3.72. The zero-order chi connectivity index (χ0) is 14.5. The number of rotatable bonds is 5. The molecule has 0 bridgehead atoms. The van der Waals surface area contributed by atoms with Crippen molar-refractivity contribution in [1.29, 1.82) is 0 Å². The van der Waals surface area contributed by atoms with Gasteiger partial charge in [-0.3, -0.25) is 0 Å². The fourth-order valence-corrected chi connectivity index (χ4v) is 2.26. The normalized spacial score (nSPS) is 12.2. The number of nitrogens with one attached hydrogen (secondary N) is 1. The largest absolute Gasteiger partial charge is 0.497 e. The average Bonchev–Trinajstić information content (AvgIpc) is 2.48. The van der Waals surface area contributed by atoms with Gasteiger partial charge >= 0.3 is 0 Å². The molecule has 20 heavy (non-hydrogen) atoms. The minimum absolute atomic E-state index is 0.320. The molecule has 0 heterocycles. The molecule has 0 unspecified atom stereocenters. The first kappa shape index (κ1) is 14.6. The highest BCUT2D eigenvalue weighted by molar-refractivity contribution is 5.31. The molecule has 0 aliphatic carbocycles. The topological polar surface area (TPSA) is 21.3 Å². The summed E-state index contributed by atoms with van der Waals surface area (Å²) < 4.78 is 5.19. The summed E-state index contributed by atoms with van der Waals surface area (Å²) in [7, 11) is 1.69. The first-order valence-electron chi connectivity index (χ1n) is 7.03. The summed E-state index contributed by atoms with van der Waals surface area (Å²) >= 11 is 0. The molecule has 2 aromatic rings. The molecule has 0 amide bonds. The molecule has 2 heteroatoms. The summed E-state index contributed by atoms with van der Waals surface area (Å²) in [6.07, 6.45) is 0. The van der Waals surface area contributed by atoms with Gasteiger partial charge in [0.25, 0.3) is 0 Å². The summed E-state index contributed by atoms with van der Waals surface area (Å²) in [5, 5.41) is 3.58. The quantitative estimate of drug-likeness (QED) is 0.880. The van der Waals surface area contributed by atoms with Crippen molar-refractivity contribution in [2.24, 2.45) is 0 Å². The van der Waals surface area contributed by atoms with Crippen LogP contribution in [-0.2, 0) is 6.54 Å². The van der Waals surface area contributed by atoms with Crippen LogP contribution in [0.3, 0.4) is 0 Å². The predicted octanol–water partition coefficient (Wildman–Crippen LogP) is 4.16. The zero-order valence-electron chi connectivity index (χ0n) is 12.7. The molecule has 0 saturated carbocycles. The molecule has 0 aliphatic heterocycles. The molecule has 1 N–H and O–H groups in total. The van der Waals surface area contributed by atoms with E-state index in [0.29, 0.717) is 6.04 Å². The Bertz CT molecular complexity index is 560. The van der Waals surface area contributed by atoms with Crippen LogP contribution in [0, 0.1) is 13.8 Å². The molecular formula is C18H23NO. The predicted molar refractivity (Wildman–Crippen MR) is 84.2 cm³/mol. The van der Waals surface area contributed by atoms with Gasteiger partial charge in [-0.05, 0) is 49.6 Å². The van der Waals surface area contributed by atoms with Gasteiger partial charge in [0.05, 0.1) is 7.11 Å². The Balaban J connectivity index is 2.00. The second kappa shape index (κ2) is 6.58. The molecule has 2 rings (SSSR count). The van der Waals surface area contributed by atoms with Crippen LogP contribution in [0.25, 0.3) is 0 Å². The molecule has 0 radical (unpaired) electrons. The summed E-state index contributed by atoms with van der Waals surface area (Å²) in [6, 6.07) is 15.1. The van der Waals surface area contributed by atoms with E-state index in [9.17, 15) is 0 Å². The highest BCUT2D eigenvalue weighted by atomic mass is 16.5. The minimum Gasteiger partial charge on any atom is -0.497 e. The average molecular weight is 269 g/mol. The van der Waals surface area contributed by atoms with Crippen LogP contribution < -0.4 is 10.1 Å². The second-order valence-electron chi connectivity index (χ2n) is 5.31. The van der Waals surface area contributed by atoms with E-state index in [-0.39, 0.29) is 0 Å². The van der Waals surface area contributed by atoms with Crippen molar-refractivity contribution in [3.05, 3.63) is 64.7 Å². The van der Waals surface area contributed by atoms with Crippen LogP contribution in [0.4, 0.5) is 0 Å². The molecule has 0 saturated heterocycles. The number of hydrogen-bond donors (Lipinski definition) is 1. The number of methoxy groups -OCH3 is 1. The fraction of sp³-hybridized carbons (Fsp3) is 0.333. The van der Waals surface area contributed by atoms with Crippen molar-refractivity contribution in [3.63, 3.8) is 0 Å². The zero-order valence-corrected chi connectivity index (χ0v) is 12.7. The summed E-state index contributed by atoms with van der Waals surface area (Å²) in [5.41, 5.74) is 5.29. The highest BCUT2D eigenvalue weighted by Crippen LogP contribution is 2.18. The monoisotopic (exact) mass is 269 g/mol. The van der Waals surface area contributed by atoms with E-state index >= 15 is 0 Å². The molecule has 2 aromatic carbocycles. The molecule has 1 atom stereocenters. The number of benzene rings is 2. The van der Waals surface area contributed by atoms with Crippen molar-refractivity contribution >= 4 is 0 Å². The van der Waals surface area contributed by atoms with Gasteiger partial charge in [0.1, 0.15) is 5.75 Å². The van der Waals surface area contributed by atoms with Crippen molar-refractivity contribution < 1.29 is 4.74 Å². The van der Waals surface area contributed by atoms with Gasteiger partial charge in [0, 0.05) is 12.6 Å². The van der Waals surface area contributed by atoms with E-state index in [1.165, 1.54) is 22.3 Å². The van der Waals surface area contributed by atoms with Crippen LogP contribution in [0.1, 0.15) is 35.2 Å². The Kier molecular flexibility index (Phi) is 4.80. The SMILES string of the molecule is COc1ccc([C@@H](C)NCc2cc(C)ccc2C)cc1. The smallest absolute Gasteiger partial charge is 0.118 e. The van der Waals surface area contributed by atoms with Crippen molar-refractivity contribution in [1.82, 2.24) is 5.32 Å². The lowest BCUT2D eigenvalue weighted by Gasteiger charge is -2.16. The number of ether oxygens (including phenoxy) is 1. The summed E-state index contributed by atoms with van der Waals surface area (Å²) in [5.74, 6) is 0.899. The molecule has 2 nitrogen and oxygen atoms in total. The van der Waals surface area contributed by atoms with Crippen LogP contribution in [0.15, 0.2) is 42.5 Å². The number of hydrogen-bond acceptors (Lipinski definition) is 2. The lowest BCUT2D eigenvalue weighted by molar-refractivity contribution is 0.414. The van der Waals surface area contributed by atoms with E-state index in [2.05, 4.69) is 56.4 Å². The molecular weight excluding hydrogens is 246 g/mol. The van der Waals surface area contributed by atoms with Crippen molar-refractivity contribution in [2.45, 2.75) is 33.4 Å². The van der Waals surface area contributed by atoms with Crippen LogP contribution >= 0.6 is 0 Å². The van der Waals surface area contributed by atoms with Gasteiger partial charge in [0.15, 0.2) is 0 Å². The van der Waals surface area contributed by atoms with Crippen molar-refractivity contribution in [3.8, 4) is 5.75 Å². The van der Waals surface area contributed by atoms with E-state index in [0.717, 1.165) is 12.3 Å². The molecule has 0 fully saturated rings. The van der Waals surface area contributed by atoms with Gasteiger partial charge in [-0.2, -0.15) is 0 Å². The first-order valence-corrected chi connectivity index (χ1v) is 7.03. The Labute approximate surface area is 121 Å². The van der Waals surface area contributed by atoms with E-state index in [4.69, 9.17) is 4.74 Å². The van der Waals surface area contributed by atoms with Crippen LogP contribution in [0.2, 0.25) is 0 Å². The highest BCUT2D eigenvalue weighted by Gasteiger charge is 2.06. The minimum atomic E-state index is 0.320. The maximum atomic E-state index is 5.19. The van der Waals surface area contributed by atoms with E-state index < -0.39 is 0 Å². The lowest BCUT2D eigenvalue weighted by atomic mass is 10.0. The van der Waals surface area contributed by atoms with Crippen LogP contribution in [0.5, 0.6) is 5.75 Å². The van der Waals surface area contributed by atoms with Crippen molar-refractivity contribution in [2.75, 3.05) is 7.11 Å². The lowest BCUT2D eigenvalue weighted by Crippen LogP contribution is -2.18. The standard InChI is InChI=1S/C18H23NO/c1-13-5-6-14(2)17(11-13)12-19-15(3)16-7-9-18(20-4)10-8-16/h5-11,15,19H,12H2,1-4H3/t15-/m1/s1. The Hall–Kier alpha value is -1.80. The Morgan fingerprint density at radius 2 is 1.75 bits per heavy atom. The van der Waals surface area contributed by atoms with Gasteiger partial charge in [0.2, 0.25) is 0 Å². The maximum Gasteiger partial charge on any atom is 0.118 e. The van der Waals surface area contributed by atoms with E-state index in [1.54, 1.807) is 7.11 Å². The molecule has 0 spiro atoms. The summed E-state index contributed by atoms with van der Waals surface area (Å²) in [4.78, 5) is 0. The van der Waals surface area contributed by atoms with E-state index in [1.807, 2.05) is 12.1 Å². The number of aryl methyl sites for hydroxylation is 2. The van der Waals surface area contributed by atoms with Gasteiger partial charge < -0.3 is 10.1 Å². The van der Waals surface area contributed by atoms with Gasteiger partial charge in [-0.25, -0.2) is 0 Å². The van der Waals surface area contributed by atoms with Gasteiger partial charge in [-0.15, -0.1) is 0 Å². The van der Waals surface area contributed by atoms with Crippen LogP contribution in [-0.4, -0.2) is 7.11 Å². The second-order valence-corrected chi connectivity index (χ2v) is 5.31.